The van der Waals surface area contributed by atoms with Crippen LogP contribution in [0.4, 0.5) is 11.5 Å². The third-order valence-electron chi connectivity index (χ3n) is 2.93. The Balaban J connectivity index is 2.39. The number of carbonyl (C=O) groups excluding carboxylic acids is 1. The molecule has 0 amide bonds. The van der Waals surface area contributed by atoms with Crippen molar-refractivity contribution in [3.05, 3.63) is 40.2 Å². The van der Waals surface area contributed by atoms with Crippen LogP contribution in [0.3, 0.4) is 0 Å². The van der Waals surface area contributed by atoms with E-state index in [2.05, 4.69) is 14.7 Å². The molecule has 1 aromatic heterocycles. The molecule has 0 atom stereocenters. The van der Waals surface area contributed by atoms with Crippen LogP contribution in [-0.2, 0) is 10.0 Å². The molecule has 122 valence electrons. The van der Waals surface area contributed by atoms with Gasteiger partial charge in [0.2, 0.25) is 0 Å². The smallest absolute Gasteiger partial charge is 0.298 e. The van der Waals surface area contributed by atoms with Gasteiger partial charge in [-0.05, 0) is 19.1 Å². The number of benzene rings is 1. The number of methoxy groups -OCH3 is 1. The zero-order chi connectivity index (χ0) is 17.2. The number of H-pyrrole nitrogens is 1. The molecule has 0 aliphatic heterocycles. The number of rotatable bonds is 5. The van der Waals surface area contributed by atoms with Crippen LogP contribution in [-0.4, -0.2) is 31.3 Å². The number of nitrogens with one attached hydrogen (secondary N) is 2. The lowest BCUT2D eigenvalue weighted by molar-refractivity contribution is 0.101. The lowest BCUT2D eigenvalue weighted by Gasteiger charge is -2.10. The molecular weight excluding hydrogens is 324 g/mol. The van der Waals surface area contributed by atoms with Gasteiger partial charge in [0, 0.05) is 5.56 Å². The summed E-state index contributed by atoms with van der Waals surface area (Å²) in [4.78, 5) is 28.8. The van der Waals surface area contributed by atoms with Gasteiger partial charge >= 0.3 is 0 Å². The van der Waals surface area contributed by atoms with Gasteiger partial charge in [-0.3, -0.25) is 19.3 Å². The molecule has 1 aromatic carbocycles. The number of nitrogen functional groups attached to an aromatic ring is 1. The fourth-order valence-corrected chi connectivity index (χ4v) is 2.80. The third kappa shape index (κ3) is 3.48. The molecule has 2 rings (SSSR count). The number of sulfonamides is 1. The Morgan fingerprint density at radius 1 is 1.30 bits per heavy atom. The topological polar surface area (TPSA) is 144 Å². The Kier molecular flexibility index (Phi) is 4.36. The van der Waals surface area contributed by atoms with Crippen molar-refractivity contribution in [1.82, 2.24) is 9.97 Å². The summed E-state index contributed by atoms with van der Waals surface area (Å²) in [7, 11) is -2.79. The molecular formula is C13H14N4O5S. The fraction of sp³-hybridized carbons (Fsp3) is 0.154. The molecule has 9 nitrogen and oxygen atoms in total. The van der Waals surface area contributed by atoms with Crippen LogP contribution in [0.15, 0.2) is 34.0 Å². The lowest BCUT2D eigenvalue weighted by atomic mass is 10.2. The highest BCUT2D eigenvalue weighted by Crippen LogP contribution is 2.18. The van der Waals surface area contributed by atoms with Crippen LogP contribution in [0.1, 0.15) is 17.3 Å². The van der Waals surface area contributed by atoms with Crippen LogP contribution in [0.5, 0.6) is 6.01 Å². The van der Waals surface area contributed by atoms with Crippen LogP contribution in [0, 0.1) is 0 Å². The van der Waals surface area contributed by atoms with Gasteiger partial charge in [-0.25, -0.2) is 8.42 Å². The van der Waals surface area contributed by atoms with E-state index in [4.69, 9.17) is 10.5 Å². The van der Waals surface area contributed by atoms with Gasteiger partial charge in [-0.15, -0.1) is 0 Å². The molecule has 0 saturated carbocycles. The molecule has 0 aliphatic carbocycles. The predicted molar refractivity (Wildman–Crippen MR) is 83.1 cm³/mol. The maximum atomic E-state index is 12.3. The number of Topliss-reactive ketones (excluding diaryl/α,β-unsaturated/α-hetero) is 1. The molecule has 0 bridgehead atoms. The number of ketones is 1. The summed E-state index contributed by atoms with van der Waals surface area (Å²) in [5, 5.41) is 0. The first-order valence-corrected chi connectivity index (χ1v) is 7.80. The Labute approximate surface area is 131 Å². The van der Waals surface area contributed by atoms with Gasteiger partial charge in [0.25, 0.3) is 21.6 Å². The first-order valence-electron chi connectivity index (χ1n) is 6.32. The minimum atomic E-state index is -4.06. The SMILES string of the molecule is COc1nc(N)c(NS(=O)(=O)c2ccc(C(C)=O)cc2)c(=O)[nH]1. The van der Waals surface area contributed by atoms with Crippen LogP contribution >= 0.6 is 0 Å². The molecule has 0 radical (unpaired) electrons. The lowest BCUT2D eigenvalue weighted by Crippen LogP contribution is -2.23. The van der Waals surface area contributed by atoms with Gasteiger partial charge in [-0.1, -0.05) is 12.1 Å². The summed E-state index contributed by atoms with van der Waals surface area (Å²) in [6, 6.07) is 5.11. The van der Waals surface area contributed by atoms with Crippen LogP contribution in [0.2, 0.25) is 0 Å². The quantitative estimate of drug-likeness (QED) is 0.668. The second kappa shape index (κ2) is 6.08. The van der Waals surface area contributed by atoms with Gasteiger partial charge in [0.05, 0.1) is 12.0 Å². The Bertz CT molecular complexity index is 903. The van der Waals surface area contributed by atoms with E-state index in [1.165, 1.54) is 38.3 Å². The van der Waals surface area contributed by atoms with Crippen molar-refractivity contribution >= 4 is 27.3 Å². The number of carbonyl (C=O) groups is 1. The van der Waals surface area contributed by atoms with E-state index in [9.17, 15) is 18.0 Å². The largest absolute Gasteiger partial charge is 0.468 e. The maximum Gasteiger partial charge on any atom is 0.298 e. The molecule has 10 heteroatoms. The minimum Gasteiger partial charge on any atom is -0.468 e. The zero-order valence-corrected chi connectivity index (χ0v) is 13.1. The Hall–Kier alpha value is -2.88. The fourth-order valence-electron chi connectivity index (χ4n) is 1.73. The number of ether oxygens (including phenoxy) is 1. The molecule has 1 heterocycles. The first-order chi connectivity index (χ1) is 10.7. The number of hydrogen-bond donors (Lipinski definition) is 3. The van der Waals surface area contributed by atoms with Crippen molar-refractivity contribution in [3.63, 3.8) is 0 Å². The molecule has 23 heavy (non-hydrogen) atoms. The van der Waals surface area contributed by atoms with Gasteiger partial charge < -0.3 is 10.5 Å². The molecule has 0 unspecified atom stereocenters. The molecule has 4 N–H and O–H groups in total. The predicted octanol–water partition coefficient (Wildman–Crippen LogP) is 0.364. The zero-order valence-electron chi connectivity index (χ0n) is 12.3. The summed E-state index contributed by atoms with van der Waals surface area (Å²) >= 11 is 0. The second-order valence-electron chi connectivity index (χ2n) is 4.52. The summed E-state index contributed by atoms with van der Waals surface area (Å²) < 4.78 is 31.4. The number of hydrogen-bond acceptors (Lipinski definition) is 7. The third-order valence-corrected chi connectivity index (χ3v) is 4.29. The van der Waals surface area contributed by atoms with Crippen LogP contribution in [0.25, 0.3) is 0 Å². The van der Waals surface area contributed by atoms with Crippen molar-refractivity contribution in [1.29, 1.82) is 0 Å². The van der Waals surface area contributed by atoms with Crippen molar-refractivity contribution < 1.29 is 17.9 Å². The Morgan fingerprint density at radius 2 is 1.91 bits per heavy atom. The van der Waals surface area contributed by atoms with Crippen molar-refractivity contribution in [2.75, 3.05) is 17.6 Å². The summed E-state index contributed by atoms with van der Waals surface area (Å²) in [5.74, 6) is -0.517. The number of aromatic amines is 1. The van der Waals surface area contributed by atoms with Crippen molar-refractivity contribution in [2.45, 2.75) is 11.8 Å². The normalized spacial score (nSPS) is 11.0. The van der Waals surface area contributed by atoms with Crippen molar-refractivity contribution in [3.8, 4) is 6.01 Å². The average molecular weight is 338 g/mol. The van der Waals surface area contributed by atoms with Gasteiger partial charge in [0.1, 0.15) is 0 Å². The Morgan fingerprint density at radius 3 is 2.39 bits per heavy atom. The van der Waals surface area contributed by atoms with Crippen LogP contribution < -0.4 is 20.8 Å². The number of nitrogens with zero attached hydrogens (tertiary/aromatic N) is 1. The average Bonchev–Trinajstić information content (AvgIpc) is 2.50. The first kappa shape index (κ1) is 16.5. The molecule has 0 fully saturated rings. The van der Waals surface area contributed by atoms with Gasteiger partial charge in [-0.2, -0.15) is 4.98 Å². The van der Waals surface area contributed by atoms with E-state index in [0.29, 0.717) is 5.56 Å². The van der Waals surface area contributed by atoms with E-state index in [1.807, 2.05) is 0 Å². The van der Waals surface area contributed by atoms with E-state index in [0.717, 1.165) is 0 Å². The van der Waals surface area contributed by atoms with Gasteiger partial charge in [0.15, 0.2) is 17.3 Å². The summed E-state index contributed by atoms with van der Waals surface area (Å²) in [5.41, 5.74) is 4.72. The highest BCUT2D eigenvalue weighted by molar-refractivity contribution is 7.92. The van der Waals surface area contributed by atoms with E-state index in [1.54, 1.807) is 0 Å². The molecule has 0 saturated heterocycles. The highest BCUT2D eigenvalue weighted by Gasteiger charge is 2.19. The van der Waals surface area contributed by atoms with Crippen molar-refractivity contribution in [2.24, 2.45) is 0 Å². The maximum absolute atomic E-state index is 12.3. The van der Waals surface area contributed by atoms with E-state index >= 15 is 0 Å². The standard InChI is InChI=1S/C13H14N4O5S/c1-7(18)8-3-5-9(6-4-8)23(20,21)17-10-11(14)15-13(22-2)16-12(10)19/h3-6,17H,1-2H3,(H3,14,15,16,19). The molecule has 0 spiro atoms. The molecule has 2 aromatic rings. The highest BCUT2D eigenvalue weighted by atomic mass is 32.2. The van der Waals surface area contributed by atoms with E-state index in [-0.39, 0.29) is 22.5 Å². The van der Waals surface area contributed by atoms with E-state index < -0.39 is 21.3 Å². The summed E-state index contributed by atoms with van der Waals surface area (Å²) in [6.07, 6.45) is 0. The number of nitrogens with two attached hydrogens (primary N) is 1. The number of anilines is 2. The second-order valence-corrected chi connectivity index (χ2v) is 6.20. The number of aromatic nitrogens is 2. The monoisotopic (exact) mass is 338 g/mol. The molecule has 0 aliphatic rings. The summed E-state index contributed by atoms with van der Waals surface area (Å²) in [6.45, 7) is 1.37. The minimum absolute atomic E-state index is 0.128.